The Morgan fingerprint density at radius 2 is 1.82 bits per heavy atom. The van der Waals surface area contributed by atoms with Crippen LogP contribution in [0.4, 0.5) is 17.1 Å². The number of nitrogens with zero attached hydrogens (tertiary/aromatic N) is 2. The number of rotatable bonds is 6. The van der Waals surface area contributed by atoms with Gasteiger partial charge in [0.05, 0.1) is 56.1 Å². The van der Waals surface area contributed by atoms with Crippen LogP contribution in [0.15, 0.2) is 94.7 Å². The number of hydrogen-bond acceptors (Lipinski definition) is 6. The van der Waals surface area contributed by atoms with Gasteiger partial charge in [-0.1, -0.05) is 35.9 Å². The Hall–Kier alpha value is -4.54. The lowest BCUT2D eigenvalue weighted by Gasteiger charge is -2.24. The summed E-state index contributed by atoms with van der Waals surface area (Å²) in [4.78, 5) is 39.9. The lowest BCUT2D eigenvalue weighted by Crippen LogP contribution is -2.30. The number of amides is 2. The molecule has 9 nitrogen and oxygen atoms in total. The summed E-state index contributed by atoms with van der Waals surface area (Å²) in [6.07, 6.45) is 0. The summed E-state index contributed by atoms with van der Waals surface area (Å²) in [5.41, 5.74) is 1.36. The van der Waals surface area contributed by atoms with Crippen molar-refractivity contribution < 1.29 is 23.5 Å². The predicted octanol–water partition coefficient (Wildman–Crippen LogP) is 5.84. The first-order chi connectivity index (χ1) is 18.8. The van der Waals surface area contributed by atoms with Gasteiger partial charge in [0.1, 0.15) is 5.75 Å². The van der Waals surface area contributed by atoms with E-state index >= 15 is 0 Å². The molecule has 0 saturated heterocycles. The number of fused-ring (bicyclic) bond motifs is 2. The number of hydrogen-bond donors (Lipinski definition) is 1. The van der Waals surface area contributed by atoms with E-state index in [1.54, 1.807) is 48.5 Å². The van der Waals surface area contributed by atoms with E-state index in [4.69, 9.17) is 16.3 Å². The van der Waals surface area contributed by atoms with E-state index in [0.29, 0.717) is 26.1 Å². The molecule has 4 aromatic rings. The van der Waals surface area contributed by atoms with Crippen LogP contribution in [0, 0.1) is 10.1 Å². The Bertz CT molecular complexity index is 1680. The maximum Gasteiger partial charge on any atom is 0.271 e. The molecule has 0 bridgehead atoms. The Labute approximate surface area is 230 Å². The normalized spacial score (nSPS) is 14.2. The number of ether oxygens (including phenoxy) is 1. The molecule has 1 atom stereocenters. The second-order valence-corrected chi connectivity index (χ2v) is 10.4. The summed E-state index contributed by atoms with van der Waals surface area (Å²) in [5.74, 6) is -0.743. The summed E-state index contributed by atoms with van der Waals surface area (Å²) >= 11 is 6.18. The number of nitro benzene ring substituents is 1. The number of carbonyl (C=O) groups excluding carboxylic acids is 2. The Morgan fingerprint density at radius 1 is 1.03 bits per heavy atom. The average molecular weight is 562 g/mol. The third-order valence-electron chi connectivity index (χ3n) is 6.15. The van der Waals surface area contributed by atoms with E-state index in [1.807, 2.05) is 6.07 Å². The zero-order chi connectivity index (χ0) is 27.7. The molecule has 1 aliphatic rings. The van der Waals surface area contributed by atoms with E-state index < -0.39 is 21.6 Å². The number of halogens is 1. The number of benzene rings is 4. The molecule has 1 heterocycles. The molecule has 0 saturated carbocycles. The van der Waals surface area contributed by atoms with Crippen LogP contribution in [0.25, 0.3) is 0 Å². The number of methoxy groups -OCH3 is 1. The van der Waals surface area contributed by atoms with Gasteiger partial charge in [-0.25, -0.2) is 4.21 Å². The number of nitrogens with one attached hydrogen (secondary N) is 1. The maximum absolute atomic E-state index is 13.8. The molecule has 0 fully saturated rings. The van der Waals surface area contributed by atoms with Gasteiger partial charge in [0.15, 0.2) is 0 Å². The molecule has 39 heavy (non-hydrogen) atoms. The summed E-state index contributed by atoms with van der Waals surface area (Å²) in [5, 5.41) is 14.4. The standard InChI is InChI=1S/C28H20ClN3O6S/c1-38-24-11-10-20(32(35)36)15-22(24)30-27(33)18-9-12-26-23(14-18)31(16-17-5-4-6-19(29)13-17)28(34)21-7-2-3-8-25(21)39(26)37/h2-15H,16H2,1H3,(H,30,33)/t39-/m0/s1. The van der Waals surface area contributed by atoms with Gasteiger partial charge in [-0.3, -0.25) is 19.7 Å². The predicted molar refractivity (Wildman–Crippen MR) is 147 cm³/mol. The van der Waals surface area contributed by atoms with E-state index in [-0.39, 0.29) is 35.1 Å². The van der Waals surface area contributed by atoms with E-state index in [2.05, 4.69) is 5.32 Å². The minimum atomic E-state index is -1.70. The van der Waals surface area contributed by atoms with E-state index in [9.17, 15) is 23.9 Å². The molecular formula is C28H20ClN3O6S. The first kappa shape index (κ1) is 26.1. The molecular weight excluding hydrogens is 542 g/mol. The monoisotopic (exact) mass is 561 g/mol. The first-order valence-electron chi connectivity index (χ1n) is 11.6. The second kappa shape index (κ2) is 10.7. The Kier molecular flexibility index (Phi) is 7.14. The fourth-order valence-corrected chi connectivity index (χ4v) is 5.84. The quantitative estimate of drug-likeness (QED) is 0.233. The first-order valence-corrected chi connectivity index (χ1v) is 13.1. The Morgan fingerprint density at radius 3 is 2.56 bits per heavy atom. The second-order valence-electron chi connectivity index (χ2n) is 8.56. The molecule has 0 aromatic heterocycles. The van der Waals surface area contributed by atoms with Crippen molar-refractivity contribution in [3.63, 3.8) is 0 Å². The van der Waals surface area contributed by atoms with Gasteiger partial charge >= 0.3 is 0 Å². The van der Waals surface area contributed by atoms with Crippen LogP contribution < -0.4 is 15.0 Å². The molecule has 1 aliphatic heterocycles. The molecule has 0 unspecified atom stereocenters. The Balaban J connectivity index is 1.59. The fraction of sp³-hybridized carbons (Fsp3) is 0.0714. The summed E-state index contributed by atoms with van der Waals surface area (Å²) in [7, 11) is -0.319. The number of carbonyl (C=O) groups is 2. The number of non-ortho nitro benzene ring substituents is 1. The fourth-order valence-electron chi connectivity index (χ4n) is 4.28. The van der Waals surface area contributed by atoms with Crippen molar-refractivity contribution in [3.8, 4) is 5.75 Å². The molecule has 5 rings (SSSR count). The average Bonchev–Trinajstić information content (AvgIpc) is 3.02. The highest BCUT2D eigenvalue weighted by molar-refractivity contribution is 7.85. The highest BCUT2D eigenvalue weighted by Crippen LogP contribution is 2.37. The van der Waals surface area contributed by atoms with Crippen molar-refractivity contribution in [3.05, 3.63) is 117 Å². The van der Waals surface area contributed by atoms with Gasteiger partial charge in [-0.05, 0) is 54.1 Å². The smallest absolute Gasteiger partial charge is 0.271 e. The maximum atomic E-state index is 13.8. The van der Waals surface area contributed by atoms with Crippen molar-refractivity contribution in [1.82, 2.24) is 0 Å². The highest BCUT2D eigenvalue weighted by atomic mass is 35.5. The number of anilines is 2. The lowest BCUT2D eigenvalue weighted by atomic mass is 10.1. The SMILES string of the molecule is COc1ccc([N+](=O)[O-])cc1NC(=O)c1ccc2c(c1)N(Cc1cccc(Cl)c1)C(=O)c1ccccc1[S@@]2=O. The molecule has 0 radical (unpaired) electrons. The molecule has 11 heteroatoms. The van der Waals surface area contributed by atoms with Crippen molar-refractivity contribution in [2.45, 2.75) is 16.3 Å². The van der Waals surface area contributed by atoms with Crippen molar-refractivity contribution in [2.24, 2.45) is 0 Å². The molecule has 0 spiro atoms. The van der Waals surface area contributed by atoms with Crippen molar-refractivity contribution in [2.75, 3.05) is 17.3 Å². The molecule has 1 N–H and O–H groups in total. The highest BCUT2D eigenvalue weighted by Gasteiger charge is 2.31. The summed E-state index contributed by atoms with van der Waals surface area (Å²) in [6, 6.07) is 22.1. The minimum Gasteiger partial charge on any atom is -0.495 e. The van der Waals surface area contributed by atoms with Gasteiger partial charge in [-0.2, -0.15) is 0 Å². The van der Waals surface area contributed by atoms with Gasteiger partial charge in [0.2, 0.25) is 0 Å². The third-order valence-corrected chi connectivity index (χ3v) is 7.88. The van der Waals surface area contributed by atoms with Crippen LogP contribution in [0.2, 0.25) is 5.02 Å². The minimum absolute atomic E-state index is 0.106. The lowest BCUT2D eigenvalue weighted by molar-refractivity contribution is -0.384. The third kappa shape index (κ3) is 5.12. The van der Waals surface area contributed by atoms with Crippen LogP contribution in [-0.4, -0.2) is 28.1 Å². The molecule has 196 valence electrons. The van der Waals surface area contributed by atoms with Gasteiger partial charge in [0.25, 0.3) is 17.5 Å². The topological polar surface area (TPSA) is 119 Å². The van der Waals surface area contributed by atoms with Crippen LogP contribution in [-0.2, 0) is 17.3 Å². The van der Waals surface area contributed by atoms with Gasteiger partial charge in [0, 0.05) is 22.7 Å². The van der Waals surface area contributed by atoms with Crippen molar-refractivity contribution in [1.29, 1.82) is 0 Å². The van der Waals surface area contributed by atoms with Crippen molar-refractivity contribution >= 4 is 51.3 Å². The van der Waals surface area contributed by atoms with Gasteiger partial charge < -0.3 is 15.0 Å². The zero-order valence-electron chi connectivity index (χ0n) is 20.4. The molecule has 0 aliphatic carbocycles. The summed E-state index contributed by atoms with van der Waals surface area (Å²) in [6.45, 7) is 0.113. The summed E-state index contributed by atoms with van der Waals surface area (Å²) < 4.78 is 18.9. The van der Waals surface area contributed by atoms with Crippen LogP contribution in [0.3, 0.4) is 0 Å². The van der Waals surface area contributed by atoms with E-state index in [1.165, 1.54) is 42.3 Å². The van der Waals surface area contributed by atoms with E-state index in [0.717, 1.165) is 5.56 Å². The largest absolute Gasteiger partial charge is 0.495 e. The van der Waals surface area contributed by atoms with Crippen LogP contribution >= 0.6 is 11.6 Å². The van der Waals surface area contributed by atoms with Crippen LogP contribution in [0.1, 0.15) is 26.3 Å². The van der Waals surface area contributed by atoms with Crippen LogP contribution in [0.5, 0.6) is 5.75 Å². The molecule has 2 amide bonds. The zero-order valence-corrected chi connectivity index (χ0v) is 22.0. The molecule has 4 aromatic carbocycles. The number of nitro groups is 1. The van der Waals surface area contributed by atoms with Gasteiger partial charge in [-0.15, -0.1) is 0 Å².